The van der Waals surface area contributed by atoms with Gasteiger partial charge in [0.1, 0.15) is 0 Å². The minimum absolute atomic E-state index is 1.33. The minimum atomic E-state index is 1.33. The zero-order chi connectivity index (χ0) is 26.0. The number of benzene rings is 2. The summed E-state index contributed by atoms with van der Waals surface area (Å²) >= 11 is 22.3. The van der Waals surface area contributed by atoms with Crippen LogP contribution in [0.15, 0.2) is 36.4 Å². The first kappa shape index (κ1) is 26.5. The van der Waals surface area contributed by atoms with Crippen molar-refractivity contribution in [3.05, 3.63) is 61.8 Å². The third kappa shape index (κ3) is 3.86. The molecule has 0 fully saturated rings. The molecule has 0 radical (unpaired) electrons. The van der Waals surface area contributed by atoms with Gasteiger partial charge < -0.3 is 0 Å². The van der Waals surface area contributed by atoms with Crippen LogP contribution in [0.25, 0.3) is 67.9 Å². The molecular weight excluding hydrogens is 1040 g/mol. The molecule has 6 aromatic heterocycles. The number of halogens is 4. The van der Waals surface area contributed by atoms with E-state index in [1.807, 2.05) is 68.0 Å². The van der Waals surface area contributed by atoms with Gasteiger partial charge in [0.2, 0.25) is 0 Å². The highest BCUT2D eigenvalue weighted by atomic mass is 127. The van der Waals surface area contributed by atoms with Crippen LogP contribution in [0.5, 0.6) is 0 Å². The summed E-state index contributed by atoms with van der Waals surface area (Å²) in [7, 11) is 0. The summed E-state index contributed by atoms with van der Waals surface area (Å²) in [5.41, 5.74) is 2.66. The molecule has 0 saturated heterocycles. The lowest BCUT2D eigenvalue weighted by Gasteiger charge is -1.96. The smallest absolute Gasteiger partial charge is 0.0651 e. The Labute approximate surface area is 297 Å². The van der Waals surface area contributed by atoms with Gasteiger partial charge in [-0.3, -0.25) is 0 Å². The molecule has 0 aliphatic rings. The Morgan fingerprint density at radius 1 is 0.421 bits per heavy atom. The van der Waals surface area contributed by atoms with Crippen molar-refractivity contribution in [3.63, 3.8) is 0 Å². The van der Waals surface area contributed by atoms with Gasteiger partial charge in [-0.2, -0.15) is 0 Å². The van der Waals surface area contributed by atoms with Crippen molar-refractivity contribution in [1.82, 2.24) is 0 Å². The Hall–Kier alpha value is 0.860. The van der Waals surface area contributed by atoms with Gasteiger partial charge in [0.25, 0.3) is 0 Å². The molecule has 8 aromatic rings. The summed E-state index contributed by atoms with van der Waals surface area (Å²) in [6.07, 6.45) is 0. The highest BCUT2D eigenvalue weighted by Gasteiger charge is 2.26. The molecule has 0 amide bonds. The number of hydrogen-bond acceptors (Lipinski definition) is 6. The van der Waals surface area contributed by atoms with E-state index in [4.69, 9.17) is 0 Å². The monoisotopic (exact) mass is 1050 g/mol. The predicted molar refractivity (Wildman–Crippen MR) is 212 cm³/mol. The molecule has 188 valence electrons. The Morgan fingerprint density at radius 2 is 0.789 bits per heavy atom. The highest BCUT2D eigenvalue weighted by molar-refractivity contribution is 14.1. The molecule has 6 heterocycles. The van der Waals surface area contributed by atoms with E-state index < -0.39 is 0 Å². The van der Waals surface area contributed by atoms with Gasteiger partial charge in [0.15, 0.2) is 0 Å². The van der Waals surface area contributed by atoms with Crippen molar-refractivity contribution in [1.29, 1.82) is 0 Å². The standard InChI is InChI=1S/C28H12I4S6/c1-9-3-5-11-13(7-9)33-19(15(11)29)21-17(31)23-25(35-21)27-28(37-23)26-24(38-27)18(32)22(36-26)20-16(30)12-6-4-10(2)8-14(12)34-20/h3-8H,1-2H3. The first-order valence-electron chi connectivity index (χ1n) is 11.4. The lowest BCUT2D eigenvalue weighted by molar-refractivity contribution is 1.52. The van der Waals surface area contributed by atoms with Crippen LogP contribution in [-0.2, 0) is 0 Å². The van der Waals surface area contributed by atoms with Crippen LogP contribution in [0.1, 0.15) is 11.1 Å². The fraction of sp³-hybridized carbons (Fsp3) is 0.0714. The van der Waals surface area contributed by atoms with E-state index in [9.17, 15) is 0 Å². The molecule has 2 aromatic carbocycles. The zero-order valence-electron chi connectivity index (χ0n) is 19.4. The molecule has 10 heteroatoms. The maximum atomic E-state index is 2.61. The van der Waals surface area contributed by atoms with Crippen molar-refractivity contribution in [2.45, 2.75) is 13.8 Å². The second-order valence-corrected chi connectivity index (χ2v) is 19.7. The van der Waals surface area contributed by atoms with Gasteiger partial charge in [0, 0.05) is 27.3 Å². The Bertz CT molecular complexity index is 2100. The van der Waals surface area contributed by atoms with E-state index in [1.165, 1.54) is 93.3 Å². The number of thiophene rings is 6. The zero-order valence-corrected chi connectivity index (χ0v) is 33.0. The van der Waals surface area contributed by atoms with E-state index >= 15 is 0 Å². The van der Waals surface area contributed by atoms with Crippen LogP contribution < -0.4 is 0 Å². The normalized spacial score (nSPS) is 12.5. The molecule has 0 unspecified atom stereocenters. The minimum Gasteiger partial charge on any atom is -0.133 e. The van der Waals surface area contributed by atoms with Crippen LogP contribution in [0.3, 0.4) is 0 Å². The summed E-state index contributed by atoms with van der Waals surface area (Å²) in [6.45, 7) is 4.37. The Morgan fingerprint density at radius 3 is 1.21 bits per heavy atom. The lowest BCUT2D eigenvalue weighted by Crippen LogP contribution is -1.74. The highest BCUT2D eigenvalue weighted by Crippen LogP contribution is 2.57. The molecule has 0 aliphatic heterocycles. The first-order chi connectivity index (χ1) is 18.3. The number of fused-ring (bicyclic) bond motifs is 7. The molecule has 38 heavy (non-hydrogen) atoms. The third-order valence-corrected chi connectivity index (χ3v) is 21.4. The molecule has 0 spiro atoms. The average Bonchev–Trinajstić information content (AvgIpc) is 3.69. The van der Waals surface area contributed by atoms with Gasteiger partial charge in [-0.1, -0.05) is 24.3 Å². The molecule has 0 atom stereocenters. The molecule has 0 aliphatic carbocycles. The summed E-state index contributed by atoms with van der Waals surface area (Å²) < 4.78 is 17.3. The van der Waals surface area contributed by atoms with Crippen LogP contribution in [0.4, 0.5) is 0 Å². The summed E-state index contributed by atoms with van der Waals surface area (Å²) in [5, 5.41) is 2.78. The molecule has 0 saturated carbocycles. The number of aryl methyl sites for hydroxylation is 2. The first-order valence-corrected chi connectivity index (χ1v) is 20.6. The van der Waals surface area contributed by atoms with E-state index in [0.29, 0.717) is 0 Å². The van der Waals surface area contributed by atoms with Crippen molar-refractivity contribution >= 4 is 207 Å². The third-order valence-electron chi connectivity index (χ3n) is 6.63. The molecule has 8 rings (SSSR count). The number of hydrogen-bond donors (Lipinski definition) is 0. The van der Waals surface area contributed by atoms with Crippen molar-refractivity contribution in [3.8, 4) is 19.5 Å². The largest absolute Gasteiger partial charge is 0.133 e. The van der Waals surface area contributed by atoms with Crippen LogP contribution in [0.2, 0.25) is 0 Å². The maximum Gasteiger partial charge on any atom is 0.0651 e. The van der Waals surface area contributed by atoms with E-state index in [0.717, 1.165) is 0 Å². The van der Waals surface area contributed by atoms with Gasteiger partial charge in [-0.25, -0.2) is 0 Å². The van der Waals surface area contributed by atoms with Crippen LogP contribution >= 0.6 is 158 Å². The fourth-order valence-corrected chi connectivity index (χ4v) is 19.1. The Balaban J connectivity index is 1.31. The summed E-state index contributed by atoms with van der Waals surface area (Å²) in [6, 6.07) is 13.7. The molecule has 0 bridgehead atoms. The fourth-order valence-electron chi connectivity index (χ4n) is 4.80. The second-order valence-electron chi connectivity index (χ2n) is 9.16. The topological polar surface area (TPSA) is 0 Å². The Kier molecular flexibility index (Phi) is 6.75. The van der Waals surface area contributed by atoms with Gasteiger partial charge in [0.05, 0.1) is 54.8 Å². The molecular formula is C28H12I4S6. The van der Waals surface area contributed by atoms with E-state index in [1.54, 1.807) is 0 Å². The maximum absolute atomic E-state index is 2.61. The van der Waals surface area contributed by atoms with Crippen molar-refractivity contribution in [2.75, 3.05) is 0 Å². The number of rotatable bonds is 2. The van der Waals surface area contributed by atoms with E-state index in [2.05, 4.69) is 141 Å². The predicted octanol–water partition coefficient (Wildman–Crippen LogP) is 14.2. The lowest BCUT2D eigenvalue weighted by atomic mass is 10.2. The second kappa shape index (κ2) is 9.69. The van der Waals surface area contributed by atoms with Crippen LogP contribution in [0, 0.1) is 28.1 Å². The quantitative estimate of drug-likeness (QED) is 0.151. The van der Waals surface area contributed by atoms with Crippen LogP contribution in [-0.4, -0.2) is 0 Å². The van der Waals surface area contributed by atoms with E-state index in [-0.39, 0.29) is 0 Å². The van der Waals surface area contributed by atoms with Gasteiger partial charge >= 0.3 is 0 Å². The van der Waals surface area contributed by atoms with Crippen molar-refractivity contribution in [2.24, 2.45) is 0 Å². The summed E-state index contributed by atoms with van der Waals surface area (Å²) in [4.78, 5) is 5.75. The van der Waals surface area contributed by atoms with Crippen molar-refractivity contribution < 1.29 is 0 Å². The average molecular weight is 1050 g/mol. The van der Waals surface area contributed by atoms with Gasteiger partial charge in [-0.15, -0.1) is 68.0 Å². The molecule has 0 nitrogen and oxygen atoms in total. The van der Waals surface area contributed by atoms with Gasteiger partial charge in [-0.05, 0) is 127 Å². The SMILES string of the molecule is Cc1ccc2c(I)c(-c3sc4c(sc5c6sc(-c7sc8cc(C)ccc8c7I)c(I)c6sc45)c3I)sc2c1. The molecule has 0 N–H and O–H groups in total. The summed E-state index contributed by atoms with van der Waals surface area (Å²) in [5.74, 6) is 0.